The fraction of sp³-hybridized carbons (Fsp3) is 0.600. The monoisotopic (exact) mass is 471 g/mol. The van der Waals surface area contributed by atoms with Gasteiger partial charge in [0.15, 0.2) is 5.03 Å². The number of amides is 1. The molecule has 1 aliphatic heterocycles. The minimum Gasteiger partial charge on any atom is -0.379 e. The lowest BCUT2D eigenvalue weighted by Gasteiger charge is -2.41. The summed E-state index contributed by atoms with van der Waals surface area (Å²) in [5, 5.41) is 4.32. The fourth-order valence-electron chi connectivity index (χ4n) is 5.72. The number of ether oxygens (including phenoxy) is 1. The molecule has 0 radical (unpaired) electrons. The number of nitrogens with one attached hydrogen (secondary N) is 1. The molecule has 1 N–H and O–H groups in total. The summed E-state index contributed by atoms with van der Waals surface area (Å²) in [7, 11) is -4.07. The molecule has 2 heterocycles. The Kier molecular flexibility index (Phi) is 5.64. The topological polar surface area (TPSA) is 90.3 Å². The summed E-state index contributed by atoms with van der Waals surface area (Å²) in [6.07, 6.45) is 7.19. The summed E-state index contributed by atoms with van der Waals surface area (Å²) in [5.41, 5.74) is 6.92. The van der Waals surface area contributed by atoms with Crippen molar-refractivity contribution in [1.82, 2.24) is 14.5 Å². The lowest BCUT2D eigenvalue weighted by molar-refractivity contribution is -0.118. The first-order chi connectivity index (χ1) is 15.7. The highest BCUT2D eigenvalue weighted by molar-refractivity contribution is 7.90. The Hall–Kier alpha value is -2.19. The van der Waals surface area contributed by atoms with E-state index < -0.39 is 15.9 Å². The summed E-state index contributed by atoms with van der Waals surface area (Å²) in [6.45, 7) is 7.14. The van der Waals surface area contributed by atoms with Crippen LogP contribution in [0.4, 0.5) is 0 Å². The first-order valence-electron chi connectivity index (χ1n) is 12.1. The number of aromatic nitrogens is 2. The number of sulfonamides is 1. The lowest BCUT2D eigenvalue weighted by Crippen LogP contribution is -2.47. The van der Waals surface area contributed by atoms with Gasteiger partial charge in [0.1, 0.15) is 0 Å². The molecule has 0 atom stereocenters. The van der Waals surface area contributed by atoms with Crippen LogP contribution in [0.3, 0.4) is 0 Å². The van der Waals surface area contributed by atoms with Crippen molar-refractivity contribution in [3.8, 4) is 0 Å². The lowest BCUT2D eigenvalue weighted by atomic mass is 9.79. The van der Waals surface area contributed by atoms with Gasteiger partial charge in [-0.15, -0.1) is 0 Å². The van der Waals surface area contributed by atoms with Crippen LogP contribution < -0.4 is 4.72 Å². The molecule has 0 unspecified atom stereocenters. The highest BCUT2D eigenvalue weighted by atomic mass is 32.2. The Balaban J connectivity index is 1.41. The largest absolute Gasteiger partial charge is 0.379 e. The normalized spacial score (nSPS) is 18.8. The first kappa shape index (κ1) is 22.6. The Morgan fingerprint density at radius 1 is 1.12 bits per heavy atom. The Labute approximate surface area is 196 Å². The van der Waals surface area contributed by atoms with Gasteiger partial charge in [0, 0.05) is 12.1 Å². The molecule has 8 heteroatoms. The first-order valence-corrected chi connectivity index (χ1v) is 13.6. The molecule has 0 saturated carbocycles. The average Bonchev–Trinajstić information content (AvgIpc) is 3.46. The van der Waals surface area contributed by atoms with Gasteiger partial charge in [-0.2, -0.15) is 13.5 Å². The quantitative estimate of drug-likeness (QED) is 0.670. The molecular weight excluding hydrogens is 438 g/mol. The average molecular weight is 472 g/mol. The summed E-state index contributed by atoms with van der Waals surface area (Å²) in [6, 6.07) is 3.94. The molecular formula is C25H33N3O4S. The maximum atomic E-state index is 13.2. The molecule has 178 valence electrons. The van der Waals surface area contributed by atoms with Gasteiger partial charge >= 0.3 is 0 Å². The zero-order valence-electron chi connectivity index (χ0n) is 19.7. The third-order valence-electron chi connectivity index (χ3n) is 7.64. The Morgan fingerprint density at radius 2 is 1.76 bits per heavy atom. The summed E-state index contributed by atoms with van der Waals surface area (Å²) < 4.78 is 35.9. The number of hydrogen-bond acceptors (Lipinski definition) is 5. The number of fused-ring (bicyclic) bond motifs is 2. The van der Waals surface area contributed by atoms with Crippen LogP contribution in [0, 0.1) is 0 Å². The molecule has 33 heavy (non-hydrogen) atoms. The van der Waals surface area contributed by atoms with Crippen molar-refractivity contribution in [2.24, 2.45) is 0 Å². The standard InChI is InChI=1S/C25H33N3O4S/c1-4-25(14-32-15-25)22-13-24(26-28(22)16(2)3)33(30,31)27-23(29)12-21-19-9-5-7-17(19)11-18-8-6-10-20(18)21/h11,13,16H,4-10,12,14-15H2,1-3H3,(H,27,29). The molecule has 1 amide bonds. The van der Waals surface area contributed by atoms with E-state index in [-0.39, 0.29) is 22.9 Å². The number of carbonyl (C=O) groups excluding carboxylic acids is 1. The van der Waals surface area contributed by atoms with Crippen molar-refractivity contribution in [3.05, 3.63) is 45.6 Å². The minimum atomic E-state index is -4.07. The van der Waals surface area contributed by atoms with E-state index in [9.17, 15) is 13.2 Å². The van der Waals surface area contributed by atoms with Gasteiger partial charge in [-0.3, -0.25) is 9.48 Å². The third kappa shape index (κ3) is 3.81. The molecule has 3 aliphatic rings. The van der Waals surface area contributed by atoms with Gasteiger partial charge in [0.05, 0.1) is 30.7 Å². The number of benzene rings is 1. The van der Waals surface area contributed by atoms with E-state index in [2.05, 4.69) is 22.8 Å². The van der Waals surface area contributed by atoms with Crippen LogP contribution in [-0.4, -0.2) is 37.3 Å². The van der Waals surface area contributed by atoms with Crippen molar-refractivity contribution in [1.29, 1.82) is 0 Å². The SMILES string of the molecule is CCC1(c2cc(S(=O)(=O)NC(=O)Cc3c4c(cc5c3CCC5)CCC4)nn2C(C)C)COC1. The summed E-state index contributed by atoms with van der Waals surface area (Å²) in [5.74, 6) is -0.484. The van der Waals surface area contributed by atoms with E-state index in [1.807, 2.05) is 13.8 Å². The van der Waals surface area contributed by atoms with E-state index in [4.69, 9.17) is 4.74 Å². The van der Waals surface area contributed by atoms with Gasteiger partial charge in [-0.05, 0) is 86.6 Å². The molecule has 1 aromatic carbocycles. The van der Waals surface area contributed by atoms with Gasteiger partial charge < -0.3 is 4.74 Å². The molecule has 1 saturated heterocycles. The van der Waals surface area contributed by atoms with E-state index in [0.717, 1.165) is 56.2 Å². The molecule has 1 aromatic heterocycles. The zero-order valence-corrected chi connectivity index (χ0v) is 20.6. The van der Waals surface area contributed by atoms with Crippen LogP contribution >= 0.6 is 0 Å². The van der Waals surface area contributed by atoms with Gasteiger partial charge in [0.2, 0.25) is 5.91 Å². The molecule has 2 aromatic rings. The molecule has 0 bridgehead atoms. The van der Waals surface area contributed by atoms with Crippen LogP contribution in [0.1, 0.15) is 79.6 Å². The number of carbonyl (C=O) groups is 1. The third-order valence-corrected chi connectivity index (χ3v) is 8.88. The van der Waals surface area contributed by atoms with Gasteiger partial charge in [0.25, 0.3) is 10.0 Å². The van der Waals surface area contributed by atoms with Crippen LogP contribution in [-0.2, 0) is 57.1 Å². The second-order valence-corrected chi connectivity index (χ2v) is 11.7. The highest BCUT2D eigenvalue weighted by Gasteiger charge is 2.43. The number of rotatable bonds is 7. The summed E-state index contributed by atoms with van der Waals surface area (Å²) >= 11 is 0. The molecule has 0 spiro atoms. The predicted molar refractivity (Wildman–Crippen MR) is 125 cm³/mol. The molecule has 1 fully saturated rings. The zero-order chi connectivity index (χ0) is 23.4. The highest BCUT2D eigenvalue weighted by Crippen LogP contribution is 2.38. The molecule has 7 nitrogen and oxygen atoms in total. The number of nitrogens with zero attached hydrogens (tertiary/aromatic N) is 2. The maximum absolute atomic E-state index is 13.2. The van der Waals surface area contributed by atoms with Crippen LogP contribution in [0.2, 0.25) is 0 Å². The van der Waals surface area contributed by atoms with E-state index in [1.165, 1.54) is 22.3 Å². The van der Waals surface area contributed by atoms with Crippen molar-refractivity contribution >= 4 is 15.9 Å². The van der Waals surface area contributed by atoms with Crippen molar-refractivity contribution < 1.29 is 17.9 Å². The van der Waals surface area contributed by atoms with Gasteiger partial charge in [-0.1, -0.05) is 13.0 Å². The smallest absolute Gasteiger partial charge is 0.283 e. The van der Waals surface area contributed by atoms with E-state index in [1.54, 1.807) is 10.7 Å². The maximum Gasteiger partial charge on any atom is 0.283 e. The predicted octanol–water partition coefficient (Wildman–Crippen LogP) is 3.17. The van der Waals surface area contributed by atoms with E-state index >= 15 is 0 Å². The van der Waals surface area contributed by atoms with Crippen molar-refractivity contribution in [2.75, 3.05) is 13.2 Å². The number of hydrogen-bond donors (Lipinski definition) is 1. The summed E-state index contributed by atoms with van der Waals surface area (Å²) in [4.78, 5) is 13.0. The number of aryl methyl sites for hydroxylation is 2. The molecule has 2 aliphatic carbocycles. The van der Waals surface area contributed by atoms with Gasteiger partial charge in [-0.25, -0.2) is 4.72 Å². The van der Waals surface area contributed by atoms with Crippen molar-refractivity contribution in [2.45, 2.75) is 88.6 Å². The Morgan fingerprint density at radius 3 is 2.27 bits per heavy atom. The van der Waals surface area contributed by atoms with Crippen LogP contribution in [0.15, 0.2) is 17.2 Å². The van der Waals surface area contributed by atoms with Crippen LogP contribution in [0.5, 0.6) is 0 Å². The second kappa shape index (κ2) is 8.24. The fourth-order valence-corrected chi connectivity index (χ4v) is 6.66. The second-order valence-electron chi connectivity index (χ2n) is 10.1. The molecule has 5 rings (SSSR count). The minimum absolute atomic E-state index is 0.00169. The van der Waals surface area contributed by atoms with Crippen LogP contribution in [0.25, 0.3) is 0 Å². The van der Waals surface area contributed by atoms with E-state index in [0.29, 0.717) is 13.2 Å². The Bertz CT molecular complexity index is 1170. The van der Waals surface area contributed by atoms with Crippen molar-refractivity contribution in [3.63, 3.8) is 0 Å².